The smallest absolute Gasteiger partial charge is 0.276 e. The highest BCUT2D eigenvalue weighted by Crippen LogP contribution is 2.31. The molecule has 1 aromatic rings. The van der Waals surface area contributed by atoms with Crippen LogP contribution in [0.15, 0.2) is 18.2 Å². The van der Waals surface area contributed by atoms with Gasteiger partial charge >= 0.3 is 0 Å². The van der Waals surface area contributed by atoms with E-state index in [1.54, 1.807) is 12.1 Å². The Morgan fingerprint density at radius 1 is 1.23 bits per heavy atom. The van der Waals surface area contributed by atoms with Gasteiger partial charge in [-0.05, 0) is 18.6 Å². The molecule has 0 saturated carbocycles. The Bertz CT molecular complexity index is 545. The van der Waals surface area contributed by atoms with Crippen molar-refractivity contribution in [2.24, 2.45) is 0 Å². The summed E-state index contributed by atoms with van der Waals surface area (Å²) in [6, 6.07) is 4.71. The van der Waals surface area contributed by atoms with Crippen molar-refractivity contribution in [1.29, 1.82) is 0 Å². The Hall–Kier alpha value is -1.17. The number of anilines is 2. The Morgan fingerprint density at radius 2 is 1.91 bits per heavy atom. The predicted molar refractivity (Wildman–Crippen MR) is 90.1 cm³/mol. The number of amides is 2. The topological polar surface area (TPSA) is 67.4 Å². The lowest BCUT2D eigenvalue weighted by atomic mass is 10.2. The standard InChI is InChI=1S/C14H17Cl3N2O3/c1-3-4-5-12(20)19-10-7-6-9(8-11(10)22-2)18-13(21)14(15,16)17/h6-8H,3-5H2,1-2H3,(H,18,21)(H,19,20). The van der Waals surface area contributed by atoms with E-state index in [1.807, 2.05) is 6.92 Å². The Balaban J connectivity index is 2.83. The lowest BCUT2D eigenvalue weighted by Crippen LogP contribution is -2.26. The van der Waals surface area contributed by atoms with Crippen LogP contribution in [-0.2, 0) is 9.59 Å². The first-order valence-electron chi connectivity index (χ1n) is 6.64. The first-order valence-corrected chi connectivity index (χ1v) is 7.77. The van der Waals surface area contributed by atoms with Crippen LogP contribution in [0.1, 0.15) is 26.2 Å². The molecule has 0 aliphatic rings. The van der Waals surface area contributed by atoms with Gasteiger partial charge in [0.25, 0.3) is 9.70 Å². The van der Waals surface area contributed by atoms with Gasteiger partial charge in [0, 0.05) is 18.2 Å². The van der Waals surface area contributed by atoms with Crippen LogP contribution in [0.5, 0.6) is 5.75 Å². The Labute approximate surface area is 144 Å². The quantitative estimate of drug-likeness (QED) is 0.743. The van der Waals surface area contributed by atoms with Gasteiger partial charge in [0.15, 0.2) is 0 Å². The van der Waals surface area contributed by atoms with Crippen LogP contribution >= 0.6 is 34.8 Å². The molecule has 2 amide bonds. The highest BCUT2D eigenvalue weighted by molar-refractivity contribution is 6.76. The molecule has 0 heterocycles. The summed E-state index contributed by atoms with van der Waals surface area (Å²) >= 11 is 16.5. The number of alkyl halides is 3. The van der Waals surface area contributed by atoms with Crippen LogP contribution in [0.25, 0.3) is 0 Å². The molecule has 0 bridgehead atoms. The minimum Gasteiger partial charge on any atom is -0.494 e. The fourth-order valence-corrected chi connectivity index (χ4v) is 1.77. The van der Waals surface area contributed by atoms with E-state index in [1.165, 1.54) is 13.2 Å². The van der Waals surface area contributed by atoms with Crippen molar-refractivity contribution in [2.45, 2.75) is 30.0 Å². The molecule has 0 radical (unpaired) electrons. The zero-order chi connectivity index (χ0) is 16.8. The molecule has 0 fully saturated rings. The van der Waals surface area contributed by atoms with E-state index in [4.69, 9.17) is 39.5 Å². The molecule has 0 spiro atoms. The third-order valence-corrected chi connectivity index (χ3v) is 3.26. The Morgan fingerprint density at radius 3 is 2.45 bits per heavy atom. The second-order valence-corrected chi connectivity index (χ2v) is 6.80. The maximum atomic E-state index is 11.7. The fraction of sp³-hybridized carbons (Fsp3) is 0.429. The molecule has 0 aliphatic carbocycles. The number of ether oxygens (including phenoxy) is 1. The van der Waals surface area contributed by atoms with Crippen molar-refractivity contribution in [2.75, 3.05) is 17.7 Å². The van der Waals surface area contributed by atoms with Crippen molar-refractivity contribution >= 4 is 58.0 Å². The van der Waals surface area contributed by atoms with Crippen molar-refractivity contribution in [3.8, 4) is 5.75 Å². The number of carbonyl (C=O) groups is 2. The van der Waals surface area contributed by atoms with Crippen LogP contribution in [-0.4, -0.2) is 22.7 Å². The van der Waals surface area contributed by atoms with Gasteiger partial charge in [-0.1, -0.05) is 48.1 Å². The number of hydrogen-bond acceptors (Lipinski definition) is 3. The minimum absolute atomic E-state index is 0.0989. The molecule has 0 atom stereocenters. The van der Waals surface area contributed by atoms with E-state index < -0.39 is 9.70 Å². The molecular weight excluding hydrogens is 351 g/mol. The SMILES string of the molecule is CCCCC(=O)Nc1ccc(NC(=O)C(Cl)(Cl)Cl)cc1OC. The summed E-state index contributed by atoms with van der Waals surface area (Å²) in [4.78, 5) is 23.3. The largest absolute Gasteiger partial charge is 0.494 e. The van der Waals surface area contributed by atoms with Crippen LogP contribution in [0.2, 0.25) is 0 Å². The van der Waals surface area contributed by atoms with Gasteiger partial charge in [0.2, 0.25) is 5.91 Å². The Kier molecular flexibility index (Phi) is 7.26. The lowest BCUT2D eigenvalue weighted by molar-refractivity contribution is -0.116. The maximum Gasteiger partial charge on any atom is 0.276 e. The summed E-state index contributed by atoms with van der Waals surface area (Å²) in [5.74, 6) is -0.482. The van der Waals surface area contributed by atoms with E-state index in [2.05, 4.69) is 10.6 Å². The number of halogens is 3. The number of benzene rings is 1. The normalized spacial score (nSPS) is 11.0. The van der Waals surface area contributed by atoms with Crippen LogP contribution in [0.4, 0.5) is 11.4 Å². The van der Waals surface area contributed by atoms with Crippen molar-refractivity contribution in [3.05, 3.63) is 18.2 Å². The van der Waals surface area contributed by atoms with Crippen LogP contribution in [0.3, 0.4) is 0 Å². The van der Waals surface area contributed by atoms with Gasteiger partial charge in [0.05, 0.1) is 12.8 Å². The van der Waals surface area contributed by atoms with Crippen molar-refractivity contribution in [1.82, 2.24) is 0 Å². The molecule has 22 heavy (non-hydrogen) atoms. The summed E-state index contributed by atoms with van der Waals surface area (Å²) in [6.07, 6.45) is 2.18. The van der Waals surface area contributed by atoms with E-state index in [0.29, 0.717) is 23.5 Å². The highest BCUT2D eigenvalue weighted by atomic mass is 35.6. The van der Waals surface area contributed by atoms with E-state index in [0.717, 1.165) is 12.8 Å². The summed E-state index contributed by atoms with van der Waals surface area (Å²) < 4.78 is 3.14. The monoisotopic (exact) mass is 366 g/mol. The number of hydrogen-bond donors (Lipinski definition) is 2. The third kappa shape index (κ3) is 5.91. The molecule has 0 aliphatic heterocycles. The molecule has 122 valence electrons. The fourth-order valence-electron chi connectivity index (χ4n) is 1.62. The first kappa shape index (κ1) is 18.9. The van der Waals surface area contributed by atoms with Crippen molar-refractivity contribution < 1.29 is 14.3 Å². The third-order valence-electron chi connectivity index (χ3n) is 2.75. The minimum atomic E-state index is -2.06. The summed E-state index contributed by atoms with van der Waals surface area (Å²) in [5.41, 5.74) is 0.898. The van der Waals surface area contributed by atoms with Crippen LogP contribution in [0, 0.1) is 0 Å². The summed E-state index contributed by atoms with van der Waals surface area (Å²) in [6.45, 7) is 2.01. The molecule has 0 unspecified atom stereocenters. The number of unbranched alkanes of at least 4 members (excludes halogenated alkanes) is 1. The predicted octanol–water partition coefficient (Wildman–Crippen LogP) is 4.13. The first-order chi connectivity index (χ1) is 10.3. The summed E-state index contributed by atoms with van der Waals surface area (Å²) in [5, 5.41) is 5.20. The van der Waals surface area contributed by atoms with Gasteiger partial charge in [-0.2, -0.15) is 0 Å². The van der Waals surface area contributed by atoms with Gasteiger partial charge in [0.1, 0.15) is 5.75 Å². The van der Waals surface area contributed by atoms with E-state index >= 15 is 0 Å². The molecule has 8 heteroatoms. The van der Waals surface area contributed by atoms with E-state index in [-0.39, 0.29) is 5.91 Å². The van der Waals surface area contributed by atoms with Crippen LogP contribution < -0.4 is 15.4 Å². The molecule has 2 N–H and O–H groups in total. The zero-order valence-electron chi connectivity index (χ0n) is 12.2. The average Bonchev–Trinajstić information content (AvgIpc) is 2.45. The van der Waals surface area contributed by atoms with E-state index in [9.17, 15) is 9.59 Å². The molecule has 0 aromatic heterocycles. The number of carbonyl (C=O) groups excluding carboxylic acids is 2. The second-order valence-electron chi connectivity index (χ2n) is 4.52. The molecular formula is C14H17Cl3N2O3. The second kappa shape index (κ2) is 8.46. The molecule has 5 nitrogen and oxygen atoms in total. The number of methoxy groups -OCH3 is 1. The number of nitrogens with one attached hydrogen (secondary N) is 2. The highest BCUT2D eigenvalue weighted by Gasteiger charge is 2.30. The van der Waals surface area contributed by atoms with Crippen molar-refractivity contribution in [3.63, 3.8) is 0 Å². The molecule has 1 rings (SSSR count). The zero-order valence-corrected chi connectivity index (χ0v) is 14.5. The number of rotatable bonds is 6. The van der Waals surface area contributed by atoms with Gasteiger partial charge in [-0.3, -0.25) is 9.59 Å². The van der Waals surface area contributed by atoms with Gasteiger partial charge in [-0.25, -0.2) is 0 Å². The van der Waals surface area contributed by atoms with Gasteiger partial charge in [-0.15, -0.1) is 0 Å². The molecule has 0 saturated heterocycles. The average molecular weight is 368 g/mol. The maximum absolute atomic E-state index is 11.7. The van der Waals surface area contributed by atoms with Gasteiger partial charge < -0.3 is 15.4 Å². The lowest BCUT2D eigenvalue weighted by Gasteiger charge is -2.14. The molecule has 1 aromatic carbocycles. The summed E-state index contributed by atoms with van der Waals surface area (Å²) in [7, 11) is 1.46.